The summed E-state index contributed by atoms with van der Waals surface area (Å²) in [7, 11) is 3.18. The van der Waals surface area contributed by atoms with E-state index in [0.29, 0.717) is 17.1 Å². The van der Waals surface area contributed by atoms with Gasteiger partial charge in [0.25, 0.3) is 5.69 Å². The monoisotopic (exact) mass is 485 g/mol. The lowest BCUT2D eigenvalue weighted by molar-refractivity contribution is -0.386. The highest BCUT2D eigenvalue weighted by molar-refractivity contribution is 5.54. The number of hydrogen-bond acceptors (Lipinski definition) is 6. The zero-order valence-corrected chi connectivity index (χ0v) is 20.1. The largest absolute Gasteiger partial charge is 0.497 e. The number of rotatable bonds is 10. The van der Waals surface area contributed by atoms with E-state index in [1.807, 2.05) is 78.9 Å². The van der Waals surface area contributed by atoms with Crippen molar-refractivity contribution in [2.24, 2.45) is 0 Å². The average molecular weight is 486 g/mol. The molecule has 0 aliphatic carbocycles. The molecule has 7 nitrogen and oxygen atoms in total. The van der Waals surface area contributed by atoms with Crippen LogP contribution in [0.15, 0.2) is 97.1 Å². The van der Waals surface area contributed by atoms with Crippen molar-refractivity contribution in [3.05, 3.63) is 135 Å². The van der Waals surface area contributed by atoms with Gasteiger partial charge in [0, 0.05) is 6.07 Å². The topological polar surface area (TPSA) is 91.1 Å². The minimum atomic E-state index is -1.22. The fourth-order valence-corrected chi connectivity index (χ4v) is 4.25. The van der Waals surface area contributed by atoms with Gasteiger partial charge >= 0.3 is 0 Å². The molecule has 4 aromatic rings. The van der Waals surface area contributed by atoms with E-state index in [4.69, 9.17) is 14.2 Å². The lowest BCUT2D eigenvalue weighted by atomic mass is 9.79. The number of aliphatic hydroxyl groups is 1. The molecule has 0 saturated carbocycles. The molecule has 184 valence electrons. The summed E-state index contributed by atoms with van der Waals surface area (Å²) in [4.78, 5) is 11.4. The molecule has 0 bridgehead atoms. The summed E-state index contributed by atoms with van der Waals surface area (Å²) in [6.45, 7) is -0.200. The van der Waals surface area contributed by atoms with Gasteiger partial charge in [0.05, 0.1) is 37.9 Å². The van der Waals surface area contributed by atoms with E-state index in [0.717, 1.165) is 16.7 Å². The number of nitro benzene ring substituents is 1. The van der Waals surface area contributed by atoms with Crippen LogP contribution >= 0.6 is 0 Å². The van der Waals surface area contributed by atoms with Crippen molar-refractivity contribution in [1.82, 2.24) is 0 Å². The number of aliphatic hydroxyl groups excluding tert-OH is 1. The van der Waals surface area contributed by atoms with Crippen LogP contribution in [0.1, 0.15) is 27.8 Å². The Morgan fingerprint density at radius 3 is 1.78 bits per heavy atom. The van der Waals surface area contributed by atoms with Gasteiger partial charge in [-0.1, -0.05) is 60.7 Å². The smallest absolute Gasteiger partial charge is 0.275 e. The van der Waals surface area contributed by atoms with Crippen molar-refractivity contribution in [3.63, 3.8) is 0 Å². The molecule has 0 aliphatic heterocycles. The normalized spacial score (nSPS) is 11.2. The molecule has 4 aromatic carbocycles. The molecule has 7 heteroatoms. The highest BCUT2D eigenvalue weighted by Crippen LogP contribution is 2.43. The van der Waals surface area contributed by atoms with Gasteiger partial charge in [0.15, 0.2) is 0 Å². The zero-order valence-electron chi connectivity index (χ0n) is 20.1. The average Bonchev–Trinajstić information content (AvgIpc) is 2.94. The zero-order chi connectivity index (χ0) is 25.5. The Kier molecular flexibility index (Phi) is 7.63. The third-order valence-electron chi connectivity index (χ3n) is 6.15. The van der Waals surface area contributed by atoms with E-state index in [2.05, 4.69) is 0 Å². The molecule has 0 unspecified atom stereocenters. The maximum absolute atomic E-state index is 11.9. The molecule has 0 spiro atoms. The molecule has 4 rings (SSSR count). The van der Waals surface area contributed by atoms with Gasteiger partial charge < -0.3 is 19.3 Å². The summed E-state index contributed by atoms with van der Waals surface area (Å²) in [6.07, 6.45) is 0. The standard InChI is InChI=1S/C29H27NO6/c1-34-26-14-10-23(11-15-26)29(24-12-16-27(35-2)17-13-24,36-20-21-6-4-3-5-7-21)25-9-8-22(19-31)28(18-25)30(32)33/h3-18,31H,19-20H2,1-2H3. The van der Waals surface area contributed by atoms with Crippen LogP contribution in [-0.4, -0.2) is 24.2 Å². The summed E-state index contributed by atoms with van der Waals surface area (Å²) < 4.78 is 17.5. The third-order valence-corrected chi connectivity index (χ3v) is 6.15. The van der Waals surface area contributed by atoms with E-state index in [-0.39, 0.29) is 17.9 Å². The van der Waals surface area contributed by atoms with Gasteiger partial charge in [0.1, 0.15) is 17.1 Å². The first kappa shape index (κ1) is 24.9. The lowest BCUT2D eigenvalue weighted by Crippen LogP contribution is -2.33. The second kappa shape index (κ2) is 11.0. The highest BCUT2D eigenvalue weighted by Gasteiger charge is 2.39. The SMILES string of the molecule is COc1ccc(C(OCc2ccccc2)(c2ccc(OC)cc2)c2ccc(CO)c([N+](=O)[O-])c2)cc1. The van der Waals surface area contributed by atoms with Crippen LogP contribution in [0.25, 0.3) is 0 Å². The number of hydrogen-bond donors (Lipinski definition) is 1. The summed E-state index contributed by atoms with van der Waals surface area (Å²) in [5.74, 6) is 1.35. The number of benzene rings is 4. The molecule has 0 aromatic heterocycles. The maximum Gasteiger partial charge on any atom is 0.275 e. The first-order valence-electron chi connectivity index (χ1n) is 11.4. The number of nitrogens with zero attached hydrogens (tertiary/aromatic N) is 1. The van der Waals surface area contributed by atoms with Crippen molar-refractivity contribution in [2.75, 3.05) is 14.2 Å². The van der Waals surface area contributed by atoms with Crippen LogP contribution in [0.3, 0.4) is 0 Å². The van der Waals surface area contributed by atoms with E-state index >= 15 is 0 Å². The molecule has 0 radical (unpaired) electrons. The van der Waals surface area contributed by atoms with Crippen LogP contribution < -0.4 is 9.47 Å². The van der Waals surface area contributed by atoms with Crippen molar-refractivity contribution in [2.45, 2.75) is 18.8 Å². The van der Waals surface area contributed by atoms with Crippen LogP contribution in [0.5, 0.6) is 11.5 Å². The fraction of sp³-hybridized carbons (Fsp3) is 0.172. The maximum atomic E-state index is 11.9. The summed E-state index contributed by atoms with van der Waals surface area (Å²) in [6, 6.07) is 29.4. The van der Waals surface area contributed by atoms with Crippen molar-refractivity contribution in [3.8, 4) is 11.5 Å². The van der Waals surface area contributed by atoms with Gasteiger partial charge in [-0.25, -0.2) is 0 Å². The summed E-state index contributed by atoms with van der Waals surface area (Å²) in [5, 5.41) is 21.6. The number of nitro groups is 1. The Balaban J connectivity index is 1.99. The molecule has 1 N–H and O–H groups in total. The van der Waals surface area contributed by atoms with Crippen molar-refractivity contribution in [1.29, 1.82) is 0 Å². The second-order valence-corrected chi connectivity index (χ2v) is 8.17. The van der Waals surface area contributed by atoms with Crippen LogP contribution in [0, 0.1) is 10.1 Å². The number of methoxy groups -OCH3 is 2. The van der Waals surface area contributed by atoms with Crippen molar-refractivity contribution >= 4 is 5.69 Å². The predicted molar refractivity (Wildman–Crippen MR) is 136 cm³/mol. The lowest BCUT2D eigenvalue weighted by Gasteiger charge is -2.36. The molecule has 0 atom stereocenters. The van der Waals surface area contributed by atoms with E-state index in [1.165, 1.54) is 6.07 Å². The van der Waals surface area contributed by atoms with E-state index in [1.54, 1.807) is 26.4 Å². The van der Waals surface area contributed by atoms with Crippen LogP contribution in [-0.2, 0) is 23.6 Å². The Bertz CT molecular complexity index is 1260. The molecular weight excluding hydrogens is 458 g/mol. The molecular formula is C29H27NO6. The quantitative estimate of drug-likeness (QED) is 0.178. The Hall–Kier alpha value is -4.20. The highest BCUT2D eigenvalue weighted by atomic mass is 16.6. The molecule has 36 heavy (non-hydrogen) atoms. The molecule has 0 amide bonds. The third kappa shape index (κ3) is 4.93. The van der Waals surface area contributed by atoms with Crippen LogP contribution in [0.2, 0.25) is 0 Å². The van der Waals surface area contributed by atoms with Gasteiger partial charge in [-0.05, 0) is 52.6 Å². The first-order chi connectivity index (χ1) is 17.5. The molecule has 0 aliphatic rings. The van der Waals surface area contributed by atoms with E-state index in [9.17, 15) is 15.2 Å². The summed E-state index contributed by atoms with van der Waals surface area (Å²) >= 11 is 0. The van der Waals surface area contributed by atoms with Gasteiger partial charge in [-0.2, -0.15) is 0 Å². The Labute approximate surface area is 209 Å². The predicted octanol–water partition coefficient (Wildman–Crippen LogP) is 5.61. The first-order valence-corrected chi connectivity index (χ1v) is 11.4. The minimum Gasteiger partial charge on any atom is -0.497 e. The minimum absolute atomic E-state index is 0.176. The molecule has 0 fully saturated rings. The second-order valence-electron chi connectivity index (χ2n) is 8.17. The van der Waals surface area contributed by atoms with E-state index < -0.39 is 17.1 Å². The Morgan fingerprint density at radius 1 is 0.778 bits per heavy atom. The van der Waals surface area contributed by atoms with Gasteiger partial charge in [-0.3, -0.25) is 10.1 Å². The fourth-order valence-electron chi connectivity index (χ4n) is 4.25. The van der Waals surface area contributed by atoms with Crippen molar-refractivity contribution < 1.29 is 24.2 Å². The summed E-state index contributed by atoms with van der Waals surface area (Å²) in [5.41, 5.74) is 1.86. The van der Waals surface area contributed by atoms with Gasteiger partial charge in [0.2, 0.25) is 0 Å². The van der Waals surface area contributed by atoms with Gasteiger partial charge in [-0.15, -0.1) is 0 Å². The molecule has 0 heterocycles. The molecule has 0 saturated heterocycles. The van der Waals surface area contributed by atoms with Crippen LogP contribution in [0.4, 0.5) is 5.69 Å². The number of ether oxygens (including phenoxy) is 3. The Morgan fingerprint density at radius 2 is 1.31 bits per heavy atom.